The predicted octanol–water partition coefficient (Wildman–Crippen LogP) is 2.55. The van der Waals surface area contributed by atoms with Crippen molar-refractivity contribution in [1.29, 1.82) is 0 Å². The molecule has 0 spiro atoms. The van der Waals surface area contributed by atoms with Gasteiger partial charge in [0.1, 0.15) is 11.9 Å². The lowest BCUT2D eigenvalue weighted by atomic mass is 10.1. The normalized spacial score (nSPS) is 15.2. The molecule has 2 aliphatic carbocycles. The number of likely N-dealkylation sites (tertiary alicyclic amines) is 1. The highest BCUT2D eigenvalue weighted by Crippen LogP contribution is 2.22. The number of ether oxygens (including phenoxy) is 1. The second kappa shape index (κ2) is 6.26. The third kappa shape index (κ3) is 3.27. The fourth-order valence-corrected chi connectivity index (χ4v) is 2.51. The first-order valence-electron chi connectivity index (χ1n) is 7.60. The number of nitro groups is 1. The molecule has 0 unspecified atom stereocenters. The number of hydrogen-bond acceptors (Lipinski definition) is 5. The third-order valence-electron chi connectivity index (χ3n) is 4.06. The van der Waals surface area contributed by atoms with Gasteiger partial charge in [0.05, 0.1) is 10.1 Å². The molecular weight excluding hydrogens is 294 g/mol. The molecule has 0 amide bonds. The van der Waals surface area contributed by atoms with Gasteiger partial charge >= 0.3 is 0 Å². The molecule has 1 aromatic carbocycles. The van der Waals surface area contributed by atoms with Gasteiger partial charge in [-0.1, -0.05) is 13.0 Å². The zero-order valence-electron chi connectivity index (χ0n) is 12.9. The summed E-state index contributed by atoms with van der Waals surface area (Å²) in [6.45, 7) is 5.36. The van der Waals surface area contributed by atoms with Crippen LogP contribution in [0.5, 0.6) is 5.75 Å². The molecule has 1 aromatic rings. The molecular formula is C17H19N3O3. The zero-order chi connectivity index (χ0) is 16.4. The van der Waals surface area contributed by atoms with E-state index in [-0.39, 0.29) is 10.6 Å². The standard InChI is InChI=1S/C11H16N2O.C6H3NO2/c1-2-13-7-11(8-13)14-10-5-3-9(12)4-6-10;8-7(9)6-3-4-1-2-5(4)6/h3-6,11H,2,7-8,12H2,1H3;1-3H. The average molecular weight is 313 g/mol. The van der Waals surface area contributed by atoms with Gasteiger partial charge in [-0.05, 0) is 42.1 Å². The number of rotatable bonds is 4. The second-order valence-electron chi connectivity index (χ2n) is 5.65. The van der Waals surface area contributed by atoms with E-state index >= 15 is 0 Å². The minimum atomic E-state index is -0.359. The number of anilines is 1. The predicted molar refractivity (Wildman–Crippen MR) is 88.2 cm³/mol. The first-order valence-corrected chi connectivity index (χ1v) is 7.60. The Morgan fingerprint density at radius 1 is 1.26 bits per heavy atom. The zero-order valence-corrected chi connectivity index (χ0v) is 12.9. The molecule has 4 rings (SSSR count). The summed E-state index contributed by atoms with van der Waals surface area (Å²) >= 11 is 0. The van der Waals surface area contributed by atoms with Crippen LogP contribution in [0.15, 0.2) is 42.5 Å². The van der Waals surface area contributed by atoms with Crippen LogP contribution in [0.2, 0.25) is 0 Å². The fraction of sp³-hybridized carbons (Fsp3) is 0.294. The highest BCUT2D eigenvalue weighted by Gasteiger charge is 2.26. The van der Waals surface area contributed by atoms with Crippen molar-refractivity contribution in [3.63, 3.8) is 0 Å². The summed E-state index contributed by atoms with van der Waals surface area (Å²) in [6.07, 6.45) is 0.360. The summed E-state index contributed by atoms with van der Waals surface area (Å²) < 4.78 is 5.74. The van der Waals surface area contributed by atoms with Crippen molar-refractivity contribution in [3.05, 3.63) is 63.0 Å². The van der Waals surface area contributed by atoms with Crippen LogP contribution in [0.25, 0.3) is 0 Å². The molecule has 120 valence electrons. The molecule has 0 atom stereocenters. The van der Waals surface area contributed by atoms with Crippen molar-refractivity contribution in [2.24, 2.45) is 0 Å². The molecule has 1 saturated heterocycles. The molecule has 0 bridgehead atoms. The van der Waals surface area contributed by atoms with Crippen LogP contribution in [-0.4, -0.2) is 35.6 Å². The number of benzene rings is 2. The summed E-state index contributed by atoms with van der Waals surface area (Å²) in [6, 6.07) is 12.8. The van der Waals surface area contributed by atoms with E-state index in [2.05, 4.69) is 11.8 Å². The number of non-ortho nitro benzene ring substituents is 1. The Labute approximate surface area is 133 Å². The van der Waals surface area contributed by atoms with Crippen molar-refractivity contribution in [2.45, 2.75) is 13.0 Å². The molecule has 6 heteroatoms. The molecule has 1 fully saturated rings. The van der Waals surface area contributed by atoms with E-state index in [4.69, 9.17) is 10.5 Å². The van der Waals surface area contributed by atoms with Gasteiger partial charge < -0.3 is 10.5 Å². The summed E-state index contributed by atoms with van der Waals surface area (Å²) in [4.78, 5) is 12.0. The van der Waals surface area contributed by atoms with Gasteiger partial charge in [0.25, 0.3) is 5.69 Å². The van der Waals surface area contributed by atoms with Crippen LogP contribution in [-0.2, 0) is 0 Å². The maximum atomic E-state index is 10.0. The summed E-state index contributed by atoms with van der Waals surface area (Å²) in [7, 11) is 0. The molecule has 2 N–H and O–H groups in total. The molecule has 1 aliphatic heterocycles. The highest BCUT2D eigenvalue weighted by atomic mass is 16.6. The number of hydrogen-bond donors (Lipinski definition) is 1. The van der Waals surface area contributed by atoms with Gasteiger partial charge in [0.2, 0.25) is 0 Å². The Bertz CT molecular complexity index is 799. The summed E-state index contributed by atoms with van der Waals surface area (Å²) in [5, 5.41) is 11.9. The molecule has 0 saturated carbocycles. The van der Waals surface area contributed by atoms with Crippen molar-refractivity contribution in [2.75, 3.05) is 25.4 Å². The molecule has 1 heterocycles. The van der Waals surface area contributed by atoms with E-state index in [1.165, 1.54) is 0 Å². The fourth-order valence-electron chi connectivity index (χ4n) is 2.51. The summed E-state index contributed by atoms with van der Waals surface area (Å²) in [5.41, 5.74) is 6.62. The maximum absolute atomic E-state index is 10.0. The Morgan fingerprint density at radius 2 is 1.96 bits per heavy atom. The van der Waals surface area contributed by atoms with Crippen LogP contribution in [0.4, 0.5) is 11.4 Å². The number of nitrogens with zero attached hydrogens (tertiary/aromatic N) is 2. The Kier molecular flexibility index (Phi) is 4.16. The lowest BCUT2D eigenvalue weighted by Gasteiger charge is -2.38. The van der Waals surface area contributed by atoms with E-state index in [0.717, 1.165) is 41.5 Å². The number of nitro benzene ring substituents is 1. The Morgan fingerprint density at radius 3 is 2.35 bits per heavy atom. The SMILES string of the molecule is CCN1CC(Oc2ccc(N)cc2)C1.O=[N+]([O-])c1cc2ccc1=2. The van der Waals surface area contributed by atoms with Crippen molar-refractivity contribution in [1.82, 2.24) is 4.90 Å². The molecule has 3 aliphatic rings. The molecule has 0 aromatic heterocycles. The maximum Gasteiger partial charge on any atom is 0.277 e. The van der Waals surface area contributed by atoms with Crippen molar-refractivity contribution < 1.29 is 9.66 Å². The van der Waals surface area contributed by atoms with Crippen LogP contribution in [0, 0.1) is 20.6 Å². The van der Waals surface area contributed by atoms with Crippen molar-refractivity contribution in [3.8, 4) is 5.75 Å². The highest BCUT2D eigenvalue weighted by molar-refractivity contribution is 5.44. The van der Waals surface area contributed by atoms with Gasteiger partial charge in [0, 0.05) is 24.8 Å². The Hall–Kier alpha value is -2.60. The van der Waals surface area contributed by atoms with Gasteiger partial charge in [-0.2, -0.15) is 0 Å². The average Bonchev–Trinajstić information content (AvgIpc) is 2.47. The van der Waals surface area contributed by atoms with Crippen LogP contribution < -0.4 is 10.5 Å². The van der Waals surface area contributed by atoms with E-state index in [1.807, 2.05) is 30.3 Å². The first kappa shape index (κ1) is 15.3. The molecule has 0 radical (unpaired) electrons. The van der Waals surface area contributed by atoms with Gasteiger partial charge in [-0.15, -0.1) is 0 Å². The topological polar surface area (TPSA) is 81.6 Å². The van der Waals surface area contributed by atoms with E-state index < -0.39 is 0 Å². The number of likely N-dealkylation sites (N-methyl/N-ethyl adjacent to an activating group) is 1. The van der Waals surface area contributed by atoms with Crippen molar-refractivity contribution >= 4 is 11.4 Å². The minimum Gasteiger partial charge on any atom is -0.488 e. The Balaban J connectivity index is 0.000000149. The smallest absolute Gasteiger partial charge is 0.277 e. The number of nitrogen functional groups attached to an aromatic ring is 1. The van der Waals surface area contributed by atoms with E-state index in [0.29, 0.717) is 6.10 Å². The van der Waals surface area contributed by atoms with Crippen LogP contribution in [0.3, 0.4) is 0 Å². The van der Waals surface area contributed by atoms with E-state index in [9.17, 15) is 10.1 Å². The monoisotopic (exact) mass is 313 g/mol. The second-order valence-corrected chi connectivity index (χ2v) is 5.65. The van der Waals surface area contributed by atoms with Gasteiger partial charge in [0.15, 0.2) is 0 Å². The van der Waals surface area contributed by atoms with Gasteiger partial charge in [-0.3, -0.25) is 15.0 Å². The molecule has 6 nitrogen and oxygen atoms in total. The largest absolute Gasteiger partial charge is 0.488 e. The molecule has 23 heavy (non-hydrogen) atoms. The minimum absolute atomic E-state index is 0.257. The quantitative estimate of drug-likeness (QED) is 0.455. The van der Waals surface area contributed by atoms with Crippen LogP contribution >= 0.6 is 0 Å². The lowest BCUT2D eigenvalue weighted by Crippen LogP contribution is -2.53. The van der Waals surface area contributed by atoms with E-state index in [1.54, 1.807) is 12.1 Å². The lowest BCUT2D eigenvalue weighted by molar-refractivity contribution is -0.386. The van der Waals surface area contributed by atoms with Gasteiger partial charge in [-0.25, -0.2) is 0 Å². The number of nitrogens with two attached hydrogens (primary N) is 1. The summed E-state index contributed by atoms with van der Waals surface area (Å²) in [5.74, 6) is 0.917. The first-order chi connectivity index (χ1) is 11.1. The van der Waals surface area contributed by atoms with Crippen LogP contribution in [0.1, 0.15) is 6.92 Å². The third-order valence-corrected chi connectivity index (χ3v) is 4.06.